The quantitative estimate of drug-likeness (QED) is 0.567. The highest BCUT2D eigenvalue weighted by atomic mass is 19.1. The fourth-order valence-electron chi connectivity index (χ4n) is 2.97. The van der Waals surface area contributed by atoms with Crippen LogP contribution >= 0.6 is 0 Å². The van der Waals surface area contributed by atoms with Crippen molar-refractivity contribution in [3.8, 4) is 5.75 Å². The lowest BCUT2D eigenvalue weighted by atomic mass is 10.1. The molecule has 0 aliphatic heterocycles. The number of carbonyl (C=O) groups excluding carboxylic acids is 1. The molecule has 0 radical (unpaired) electrons. The fraction of sp³-hybridized carbons (Fsp3) is 0.261. The van der Waals surface area contributed by atoms with Gasteiger partial charge in [-0.3, -0.25) is 9.69 Å². The van der Waals surface area contributed by atoms with Crippen molar-refractivity contribution in [3.05, 3.63) is 89.6 Å². The minimum Gasteiger partial charge on any atom is -0.489 e. The maximum absolute atomic E-state index is 13.7. The number of carbonyl (C=O) groups is 1. The molecule has 3 aromatic rings. The first-order valence-electron chi connectivity index (χ1n) is 9.54. The van der Waals surface area contributed by atoms with Crippen LogP contribution in [-0.2, 0) is 24.4 Å². The van der Waals surface area contributed by atoms with Crippen LogP contribution in [0.5, 0.6) is 5.75 Å². The number of nitrogens with zero attached hydrogens (tertiary/aromatic N) is 1. The summed E-state index contributed by atoms with van der Waals surface area (Å²) in [7, 11) is 1.63. The van der Waals surface area contributed by atoms with E-state index < -0.39 is 0 Å². The second-order valence-corrected chi connectivity index (χ2v) is 6.74. The fourth-order valence-corrected chi connectivity index (χ4v) is 2.97. The molecular weight excluding hydrogens is 371 g/mol. The summed E-state index contributed by atoms with van der Waals surface area (Å²) < 4.78 is 24.9. The predicted octanol–water partition coefficient (Wildman–Crippen LogP) is 3.79. The second kappa shape index (κ2) is 10.4. The van der Waals surface area contributed by atoms with Gasteiger partial charge in [0.15, 0.2) is 0 Å². The van der Waals surface area contributed by atoms with Gasteiger partial charge in [0.1, 0.15) is 23.9 Å². The zero-order chi connectivity index (χ0) is 20.5. The molecule has 152 valence electrons. The standard InChI is InChI=1S/C23H25FN2O3/c1-25-23(27)16-26(15-21-9-5-13-28-21)12-11-18-6-4-8-20(14-18)29-17-19-7-2-3-10-22(19)24/h2-10,13-14H,11-12,15-17H2,1H3,(H,25,27). The van der Waals surface area contributed by atoms with Crippen molar-refractivity contribution in [2.75, 3.05) is 20.1 Å². The van der Waals surface area contributed by atoms with Crippen LogP contribution in [0, 0.1) is 5.82 Å². The number of ether oxygens (including phenoxy) is 1. The van der Waals surface area contributed by atoms with Crippen molar-refractivity contribution in [2.24, 2.45) is 0 Å². The highest BCUT2D eigenvalue weighted by molar-refractivity contribution is 5.77. The largest absolute Gasteiger partial charge is 0.489 e. The number of halogens is 1. The van der Waals surface area contributed by atoms with E-state index in [1.807, 2.05) is 41.3 Å². The van der Waals surface area contributed by atoms with E-state index in [1.165, 1.54) is 6.07 Å². The number of furan rings is 1. The Balaban J connectivity index is 1.58. The van der Waals surface area contributed by atoms with E-state index in [4.69, 9.17) is 9.15 Å². The zero-order valence-corrected chi connectivity index (χ0v) is 16.4. The maximum atomic E-state index is 13.7. The minimum absolute atomic E-state index is 0.0430. The van der Waals surface area contributed by atoms with Gasteiger partial charge < -0.3 is 14.5 Å². The summed E-state index contributed by atoms with van der Waals surface area (Å²) in [5.74, 6) is 1.19. The van der Waals surface area contributed by atoms with Gasteiger partial charge >= 0.3 is 0 Å². The molecule has 0 saturated heterocycles. The average Bonchev–Trinajstić information content (AvgIpc) is 3.25. The van der Waals surface area contributed by atoms with E-state index in [-0.39, 0.29) is 18.3 Å². The van der Waals surface area contributed by atoms with Crippen molar-refractivity contribution in [3.63, 3.8) is 0 Å². The Bertz CT molecular complexity index is 912. The third-order valence-corrected chi connectivity index (χ3v) is 4.57. The van der Waals surface area contributed by atoms with E-state index in [1.54, 1.807) is 31.5 Å². The topological polar surface area (TPSA) is 54.7 Å². The van der Waals surface area contributed by atoms with Gasteiger partial charge in [-0.1, -0.05) is 30.3 Å². The molecule has 0 bridgehead atoms. The van der Waals surface area contributed by atoms with Crippen molar-refractivity contribution >= 4 is 5.91 Å². The van der Waals surface area contributed by atoms with Gasteiger partial charge in [-0.05, 0) is 42.3 Å². The molecule has 29 heavy (non-hydrogen) atoms. The Kier molecular flexibility index (Phi) is 7.41. The minimum atomic E-state index is -0.272. The summed E-state index contributed by atoms with van der Waals surface area (Å²) in [6.07, 6.45) is 2.37. The van der Waals surface area contributed by atoms with Crippen LogP contribution in [0.1, 0.15) is 16.9 Å². The van der Waals surface area contributed by atoms with Crippen LogP contribution in [0.2, 0.25) is 0 Å². The van der Waals surface area contributed by atoms with Gasteiger partial charge in [0, 0.05) is 19.2 Å². The summed E-state index contributed by atoms with van der Waals surface area (Å²) in [5.41, 5.74) is 1.60. The molecule has 1 heterocycles. The van der Waals surface area contributed by atoms with Crippen molar-refractivity contribution in [1.82, 2.24) is 10.2 Å². The van der Waals surface area contributed by atoms with E-state index in [0.717, 1.165) is 17.7 Å². The van der Waals surface area contributed by atoms with Crippen LogP contribution in [-0.4, -0.2) is 30.9 Å². The van der Waals surface area contributed by atoms with Gasteiger partial charge in [0.2, 0.25) is 5.91 Å². The second-order valence-electron chi connectivity index (χ2n) is 6.74. The molecule has 0 saturated carbocycles. The van der Waals surface area contributed by atoms with Crippen LogP contribution in [0.25, 0.3) is 0 Å². The monoisotopic (exact) mass is 396 g/mol. The van der Waals surface area contributed by atoms with Crippen LogP contribution in [0.4, 0.5) is 4.39 Å². The maximum Gasteiger partial charge on any atom is 0.233 e. The smallest absolute Gasteiger partial charge is 0.233 e. The molecule has 5 nitrogen and oxygen atoms in total. The Labute approximate surface area is 170 Å². The third-order valence-electron chi connectivity index (χ3n) is 4.57. The lowest BCUT2D eigenvalue weighted by Gasteiger charge is -2.20. The van der Waals surface area contributed by atoms with Gasteiger partial charge in [0.05, 0.1) is 19.4 Å². The Morgan fingerprint density at radius 2 is 2.00 bits per heavy atom. The summed E-state index contributed by atoms with van der Waals surface area (Å²) in [6, 6.07) is 18.1. The lowest BCUT2D eigenvalue weighted by Crippen LogP contribution is -2.36. The van der Waals surface area contributed by atoms with Gasteiger partial charge in [-0.2, -0.15) is 0 Å². The van der Waals surface area contributed by atoms with Crippen molar-refractivity contribution in [2.45, 2.75) is 19.6 Å². The van der Waals surface area contributed by atoms with E-state index in [0.29, 0.717) is 30.9 Å². The SMILES string of the molecule is CNC(=O)CN(CCc1cccc(OCc2ccccc2F)c1)Cc1ccco1. The summed E-state index contributed by atoms with van der Waals surface area (Å²) in [5, 5.41) is 2.66. The molecule has 1 amide bonds. The van der Waals surface area contributed by atoms with Crippen LogP contribution in [0.3, 0.4) is 0 Å². The molecule has 0 aliphatic rings. The molecule has 1 N–H and O–H groups in total. The summed E-state index contributed by atoms with van der Waals surface area (Å²) in [4.78, 5) is 13.9. The van der Waals surface area contributed by atoms with Crippen LogP contribution in [0.15, 0.2) is 71.3 Å². The molecular formula is C23H25FN2O3. The van der Waals surface area contributed by atoms with Gasteiger partial charge in [0.25, 0.3) is 0 Å². The zero-order valence-electron chi connectivity index (χ0n) is 16.4. The molecule has 3 rings (SSSR count). The molecule has 0 spiro atoms. The molecule has 2 aromatic carbocycles. The number of nitrogens with one attached hydrogen (secondary N) is 1. The first-order chi connectivity index (χ1) is 14.1. The number of benzene rings is 2. The average molecular weight is 396 g/mol. The molecule has 0 fully saturated rings. The Hall–Kier alpha value is -3.12. The highest BCUT2D eigenvalue weighted by Crippen LogP contribution is 2.17. The van der Waals surface area contributed by atoms with E-state index >= 15 is 0 Å². The van der Waals surface area contributed by atoms with E-state index in [2.05, 4.69) is 5.32 Å². The number of hydrogen-bond acceptors (Lipinski definition) is 4. The number of amides is 1. The molecule has 0 unspecified atom stereocenters. The van der Waals surface area contributed by atoms with Crippen LogP contribution < -0.4 is 10.1 Å². The number of hydrogen-bond donors (Lipinski definition) is 1. The molecule has 0 aliphatic carbocycles. The summed E-state index contributed by atoms with van der Waals surface area (Å²) >= 11 is 0. The number of rotatable bonds is 10. The van der Waals surface area contributed by atoms with E-state index in [9.17, 15) is 9.18 Å². The first-order valence-corrected chi connectivity index (χ1v) is 9.54. The third kappa shape index (κ3) is 6.47. The van der Waals surface area contributed by atoms with Crippen molar-refractivity contribution in [1.29, 1.82) is 0 Å². The Morgan fingerprint density at radius 1 is 1.14 bits per heavy atom. The van der Waals surface area contributed by atoms with Gasteiger partial charge in [-0.15, -0.1) is 0 Å². The lowest BCUT2D eigenvalue weighted by molar-refractivity contribution is -0.121. The van der Waals surface area contributed by atoms with Crippen molar-refractivity contribution < 1.29 is 18.3 Å². The normalized spacial score (nSPS) is 10.9. The predicted molar refractivity (Wildman–Crippen MR) is 109 cm³/mol. The summed E-state index contributed by atoms with van der Waals surface area (Å²) in [6.45, 7) is 1.72. The molecule has 6 heteroatoms. The highest BCUT2D eigenvalue weighted by Gasteiger charge is 2.12. The first kappa shape index (κ1) is 20.6. The number of likely N-dealkylation sites (N-methyl/N-ethyl adjacent to an activating group) is 1. The Morgan fingerprint density at radius 3 is 2.76 bits per heavy atom. The van der Waals surface area contributed by atoms with Gasteiger partial charge in [-0.25, -0.2) is 4.39 Å². The molecule has 1 aromatic heterocycles. The molecule has 0 atom stereocenters.